The lowest BCUT2D eigenvalue weighted by Gasteiger charge is -2.02. The SMILES string of the molecule is O=Cc1ccn(CCSc2ccccc2)c1. The summed E-state index contributed by atoms with van der Waals surface area (Å²) in [7, 11) is 0. The minimum atomic E-state index is 0.740. The van der Waals surface area contributed by atoms with Crippen molar-refractivity contribution >= 4 is 18.0 Å². The highest BCUT2D eigenvalue weighted by molar-refractivity contribution is 7.99. The Labute approximate surface area is 99.3 Å². The van der Waals surface area contributed by atoms with E-state index in [1.54, 1.807) is 0 Å². The van der Waals surface area contributed by atoms with E-state index in [0.717, 1.165) is 24.1 Å². The van der Waals surface area contributed by atoms with Crippen LogP contribution in [-0.4, -0.2) is 16.6 Å². The number of rotatable bonds is 5. The van der Waals surface area contributed by atoms with Crippen LogP contribution in [-0.2, 0) is 6.54 Å². The lowest BCUT2D eigenvalue weighted by atomic mass is 10.4. The molecule has 0 saturated carbocycles. The van der Waals surface area contributed by atoms with Crippen LogP contribution in [0.5, 0.6) is 0 Å². The molecule has 82 valence electrons. The van der Waals surface area contributed by atoms with Crippen LogP contribution in [0.4, 0.5) is 0 Å². The second-order valence-electron chi connectivity index (χ2n) is 3.46. The third kappa shape index (κ3) is 3.00. The Morgan fingerprint density at radius 2 is 2.00 bits per heavy atom. The van der Waals surface area contributed by atoms with Crippen molar-refractivity contribution in [2.45, 2.75) is 11.4 Å². The van der Waals surface area contributed by atoms with E-state index in [9.17, 15) is 4.79 Å². The molecule has 0 aliphatic heterocycles. The molecule has 16 heavy (non-hydrogen) atoms. The predicted octanol–water partition coefficient (Wildman–Crippen LogP) is 3.09. The topological polar surface area (TPSA) is 22.0 Å². The van der Waals surface area contributed by atoms with Gasteiger partial charge in [0, 0.05) is 35.2 Å². The lowest BCUT2D eigenvalue weighted by Crippen LogP contribution is -1.96. The largest absolute Gasteiger partial charge is 0.353 e. The zero-order chi connectivity index (χ0) is 11.2. The van der Waals surface area contributed by atoms with Crippen LogP contribution in [0.1, 0.15) is 10.4 Å². The molecule has 0 atom stereocenters. The van der Waals surface area contributed by atoms with Gasteiger partial charge in [-0.3, -0.25) is 4.79 Å². The Hall–Kier alpha value is -1.48. The van der Waals surface area contributed by atoms with Crippen molar-refractivity contribution in [3.63, 3.8) is 0 Å². The third-order valence-corrected chi connectivity index (χ3v) is 3.26. The normalized spacial score (nSPS) is 10.2. The molecule has 0 amide bonds. The third-order valence-electron chi connectivity index (χ3n) is 2.27. The van der Waals surface area contributed by atoms with Crippen LogP contribution in [0.2, 0.25) is 0 Å². The quantitative estimate of drug-likeness (QED) is 0.582. The van der Waals surface area contributed by atoms with Gasteiger partial charge in [0.25, 0.3) is 0 Å². The Morgan fingerprint density at radius 3 is 2.69 bits per heavy atom. The molecule has 0 bridgehead atoms. The molecule has 2 nitrogen and oxygen atoms in total. The van der Waals surface area contributed by atoms with E-state index in [2.05, 4.69) is 12.1 Å². The molecule has 1 heterocycles. The summed E-state index contributed by atoms with van der Waals surface area (Å²) in [5, 5.41) is 0. The van der Waals surface area contributed by atoms with Gasteiger partial charge in [0.15, 0.2) is 6.29 Å². The molecule has 0 unspecified atom stereocenters. The Morgan fingerprint density at radius 1 is 1.19 bits per heavy atom. The summed E-state index contributed by atoms with van der Waals surface area (Å²) in [6.45, 7) is 0.924. The highest BCUT2D eigenvalue weighted by Gasteiger charge is 1.96. The summed E-state index contributed by atoms with van der Waals surface area (Å²) in [6, 6.07) is 12.2. The van der Waals surface area contributed by atoms with Gasteiger partial charge in [-0.1, -0.05) is 18.2 Å². The molecule has 1 aromatic heterocycles. The van der Waals surface area contributed by atoms with Crippen LogP contribution in [0, 0.1) is 0 Å². The molecule has 1 aromatic carbocycles. The summed E-state index contributed by atoms with van der Waals surface area (Å²) in [4.78, 5) is 11.8. The van der Waals surface area contributed by atoms with Gasteiger partial charge in [0.05, 0.1) is 0 Å². The van der Waals surface area contributed by atoms with Crippen molar-refractivity contribution < 1.29 is 4.79 Å². The van der Waals surface area contributed by atoms with Crippen molar-refractivity contribution in [1.82, 2.24) is 4.57 Å². The maximum Gasteiger partial charge on any atom is 0.151 e. The fraction of sp³-hybridized carbons (Fsp3) is 0.154. The van der Waals surface area contributed by atoms with E-state index >= 15 is 0 Å². The van der Waals surface area contributed by atoms with Crippen molar-refractivity contribution in [3.8, 4) is 0 Å². The first-order valence-electron chi connectivity index (χ1n) is 5.17. The molecule has 0 spiro atoms. The van der Waals surface area contributed by atoms with Gasteiger partial charge in [-0.25, -0.2) is 0 Å². The average molecular weight is 231 g/mol. The van der Waals surface area contributed by atoms with E-state index in [-0.39, 0.29) is 0 Å². The van der Waals surface area contributed by atoms with Crippen LogP contribution in [0.15, 0.2) is 53.7 Å². The average Bonchev–Trinajstić information content (AvgIpc) is 2.78. The van der Waals surface area contributed by atoms with E-state index in [0.29, 0.717) is 0 Å². The second-order valence-corrected chi connectivity index (χ2v) is 4.63. The minimum absolute atomic E-state index is 0.740. The van der Waals surface area contributed by atoms with Crippen LogP contribution in [0.3, 0.4) is 0 Å². The molecule has 0 fully saturated rings. The van der Waals surface area contributed by atoms with Gasteiger partial charge >= 0.3 is 0 Å². The summed E-state index contributed by atoms with van der Waals surface area (Å²) in [5.74, 6) is 1.01. The molecule has 0 radical (unpaired) electrons. The smallest absolute Gasteiger partial charge is 0.151 e. The first-order valence-corrected chi connectivity index (χ1v) is 6.16. The maximum absolute atomic E-state index is 10.5. The number of aromatic nitrogens is 1. The summed E-state index contributed by atoms with van der Waals surface area (Å²) in [5.41, 5.74) is 0.740. The number of hydrogen-bond donors (Lipinski definition) is 0. The Balaban J connectivity index is 1.82. The maximum atomic E-state index is 10.5. The number of nitrogens with zero attached hydrogens (tertiary/aromatic N) is 1. The van der Waals surface area contributed by atoms with Gasteiger partial charge in [-0.15, -0.1) is 11.8 Å². The summed E-state index contributed by atoms with van der Waals surface area (Å²) < 4.78 is 2.04. The number of aryl methyl sites for hydroxylation is 1. The Kier molecular flexibility index (Phi) is 3.83. The molecule has 0 saturated heterocycles. The fourth-order valence-corrected chi connectivity index (χ4v) is 2.34. The molecule has 3 heteroatoms. The molecular weight excluding hydrogens is 218 g/mol. The molecule has 0 N–H and O–H groups in total. The first-order chi connectivity index (χ1) is 7.88. The van der Waals surface area contributed by atoms with Gasteiger partial charge < -0.3 is 4.57 Å². The van der Waals surface area contributed by atoms with Gasteiger partial charge in [0.1, 0.15) is 0 Å². The number of carbonyl (C=O) groups is 1. The molecule has 2 rings (SSSR count). The number of thioether (sulfide) groups is 1. The van der Waals surface area contributed by atoms with Crippen molar-refractivity contribution in [2.75, 3.05) is 5.75 Å². The number of aldehydes is 1. The molecule has 0 aliphatic carbocycles. The van der Waals surface area contributed by atoms with E-state index < -0.39 is 0 Å². The molecule has 0 aliphatic rings. The lowest BCUT2D eigenvalue weighted by molar-refractivity contribution is 0.112. The number of hydrogen-bond acceptors (Lipinski definition) is 2. The van der Waals surface area contributed by atoms with Crippen LogP contribution >= 0.6 is 11.8 Å². The molecule has 2 aromatic rings. The van der Waals surface area contributed by atoms with Crippen molar-refractivity contribution in [3.05, 3.63) is 54.4 Å². The van der Waals surface area contributed by atoms with Gasteiger partial charge in [0.2, 0.25) is 0 Å². The van der Waals surface area contributed by atoms with Gasteiger partial charge in [-0.05, 0) is 18.2 Å². The minimum Gasteiger partial charge on any atom is -0.353 e. The van der Waals surface area contributed by atoms with Crippen LogP contribution < -0.4 is 0 Å². The second kappa shape index (κ2) is 5.56. The summed E-state index contributed by atoms with van der Waals surface area (Å²) >= 11 is 1.82. The monoisotopic (exact) mass is 231 g/mol. The van der Waals surface area contributed by atoms with E-state index in [1.807, 2.05) is 53.0 Å². The van der Waals surface area contributed by atoms with E-state index in [4.69, 9.17) is 0 Å². The zero-order valence-electron chi connectivity index (χ0n) is 8.87. The highest BCUT2D eigenvalue weighted by atomic mass is 32.2. The highest BCUT2D eigenvalue weighted by Crippen LogP contribution is 2.17. The first kappa shape index (κ1) is 11.0. The predicted molar refractivity (Wildman–Crippen MR) is 67.0 cm³/mol. The fourth-order valence-electron chi connectivity index (χ4n) is 1.45. The number of carbonyl (C=O) groups excluding carboxylic acids is 1. The van der Waals surface area contributed by atoms with Gasteiger partial charge in [-0.2, -0.15) is 0 Å². The number of benzene rings is 1. The van der Waals surface area contributed by atoms with Crippen molar-refractivity contribution in [1.29, 1.82) is 0 Å². The van der Waals surface area contributed by atoms with Crippen LogP contribution in [0.25, 0.3) is 0 Å². The summed E-state index contributed by atoms with van der Waals surface area (Å²) in [6.07, 6.45) is 4.69. The van der Waals surface area contributed by atoms with E-state index in [1.165, 1.54) is 4.90 Å². The zero-order valence-corrected chi connectivity index (χ0v) is 9.69. The van der Waals surface area contributed by atoms with Crippen molar-refractivity contribution in [2.24, 2.45) is 0 Å². The Bertz CT molecular complexity index is 450. The molecular formula is C13H13NOS. The standard InChI is InChI=1S/C13H13NOS/c15-11-12-6-7-14(10-12)8-9-16-13-4-2-1-3-5-13/h1-7,10-11H,8-9H2.